The Labute approximate surface area is 206 Å². The van der Waals surface area contributed by atoms with Gasteiger partial charge in [-0.3, -0.25) is 29.0 Å². The van der Waals surface area contributed by atoms with Crippen LogP contribution in [-0.2, 0) is 28.8 Å². The second kappa shape index (κ2) is 16.6. The molecule has 0 heterocycles. The number of nitrogens with one attached hydrogen (secondary N) is 3. The monoisotopic (exact) mass is 518 g/mol. The Morgan fingerprint density at radius 2 is 1.31 bits per heavy atom. The van der Waals surface area contributed by atoms with Crippen LogP contribution in [0.25, 0.3) is 0 Å². The first-order chi connectivity index (χ1) is 16.8. The van der Waals surface area contributed by atoms with Gasteiger partial charge in [0.15, 0.2) is 5.96 Å². The molecule has 0 aliphatic rings. The number of rotatable bonds is 18. The second-order valence-electron chi connectivity index (χ2n) is 7.70. The average Bonchev–Trinajstić information content (AvgIpc) is 2.79. The van der Waals surface area contributed by atoms with Gasteiger partial charge in [0, 0.05) is 19.4 Å². The normalized spacial score (nSPS) is 13.8. The summed E-state index contributed by atoms with van der Waals surface area (Å²) >= 11 is 0. The van der Waals surface area contributed by atoms with Crippen molar-refractivity contribution in [2.24, 2.45) is 27.9 Å². The summed E-state index contributed by atoms with van der Waals surface area (Å²) in [4.78, 5) is 74.4. The van der Waals surface area contributed by atoms with E-state index in [1.807, 2.05) is 0 Å². The molecule has 4 atom stereocenters. The van der Waals surface area contributed by atoms with Crippen molar-refractivity contribution in [1.29, 1.82) is 0 Å². The molecule has 17 nitrogen and oxygen atoms in total. The van der Waals surface area contributed by atoms with E-state index in [1.165, 1.54) is 0 Å². The van der Waals surface area contributed by atoms with Crippen LogP contribution in [0.4, 0.5) is 0 Å². The quantitative estimate of drug-likeness (QED) is 0.0463. The minimum absolute atomic E-state index is 0.0600. The van der Waals surface area contributed by atoms with E-state index in [0.717, 1.165) is 0 Å². The highest BCUT2D eigenvalue weighted by Gasteiger charge is 2.30. The van der Waals surface area contributed by atoms with Crippen molar-refractivity contribution in [3.63, 3.8) is 0 Å². The molecule has 0 rings (SSSR count). The Kier molecular flexibility index (Phi) is 14.8. The fraction of sp³-hybridized carbons (Fsp3) is 0.632. The number of hydrogen-bond acceptors (Lipinski definition) is 9. The molecule has 0 aromatic carbocycles. The summed E-state index contributed by atoms with van der Waals surface area (Å²) in [6, 6.07) is -5.68. The third-order valence-corrected chi connectivity index (χ3v) is 4.69. The smallest absolute Gasteiger partial charge is 0.326 e. The lowest BCUT2D eigenvalue weighted by molar-refractivity contribution is -0.143. The number of primary amides is 1. The molecule has 0 saturated carbocycles. The van der Waals surface area contributed by atoms with Crippen molar-refractivity contribution in [3.05, 3.63) is 0 Å². The Balaban J connectivity index is 5.26. The molecular weight excluding hydrogens is 484 g/mol. The molecular formula is C19H34N8O9. The number of carbonyl (C=O) groups excluding carboxylic acids is 4. The summed E-state index contributed by atoms with van der Waals surface area (Å²) < 4.78 is 0. The van der Waals surface area contributed by atoms with E-state index in [1.54, 1.807) is 0 Å². The zero-order valence-corrected chi connectivity index (χ0v) is 19.5. The first kappa shape index (κ1) is 32.0. The van der Waals surface area contributed by atoms with Crippen LogP contribution in [0.5, 0.6) is 0 Å². The molecule has 204 valence electrons. The molecule has 0 fully saturated rings. The lowest BCUT2D eigenvalue weighted by Crippen LogP contribution is -2.58. The molecule has 0 saturated heterocycles. The molecule has 0 bridgehead atoms. The van der Waals surface area contributed by atoms with Gasteiger partial charge in [-0.05, 0) is 25.7 Å². The number of aliphatic imine (C=N–C) groups is 1. The summed E-state index contributed by atoms with van der Waals surface area (Å²) in [6.45, 7) is -0.815. The van der Waals surface area contributed by atoms with Crippen LogP contribution >= 0.6 is 0 Å². The number of guanidine groups is 1. The average molecular weight is 519 g/mol. The lowest BCUT2D eigenvalue weighted by atomic mass is 10.1. The number of carboxylic acid groups (broad SMARTS) is 2. The Hall–Kier alpha value is -3.99. The van der Waals surface area contributed by atoms with E-state index in [9.17, 15) is 39.0 Å². The van der Waals surface area contributed by atoms with Gasteiger partial charge >= 0.3 is 11.9 Å². The van der Waals surface area contributed by atoms with Crippen LogP contribution in [0.1, 0.15) is 38.5 Å². The van der Waals surface area contributed by atoms with E-state index in [0.29, 0.717) is 0 Å². The third-order valence-electron chi connectivity index (χ3n) is 4.69. The van der Waals surface area contributed by atoms with Gasteiger partial charge in [-0.15, -0.1) is 0 Å². The number of aliphatic hydroxyl groups excluding tert-OH is 1. The molecule has 0 aromatic rings. The third kappa shape index (κ3) is 13.7. The number of nitrogens with two attached hydrogens (primary N) is 4. The Bertz CT molecular complexity index is 832. The molecule has 0 aliphatic carbocycles. The minimum Gasteiger partial charge on any atom is -0.481 e. The van der Waals surface area contributed by atoms with E-state index in [4.69, 9.17) is 28.0 Å². The highest BCUT2D eigenvalue weighted by Crippen LogP contribution is 2.03. The minimum atomic E-state index is -1.61. The van der Waals surface area contributed by atoms with Gasteiger partial charge in [0.1, 0.15) is 18.1 Å². The first-order valence-electron chi connectivity index (χ1n) is 10.8. The number of carboxylic acids is 2. The Morgan fingerprint density at radius 1 is 0.750 bits per heavy atom. The molecule has 36 heavy (non-hydrogen) atoms. The summed E-state index contributed by atoms with van der Waals surface area (Å²) in [5.74, 6) is -6.46. The number of aliphatic hydroxyl groups is 1. The van der Waals surface area contributed by atoms with Crippen LogP contribution in [0, 0.1) is 0 Å². The molecule has 17 heteroatoms. The summed E-state index contributed by atoms with van der Waals surface area (Å²) in [7, 11) is 0. The molecule has 0 aliphatic heterocycles. The number of hydrogen-bond donors (Lipinski definition) is 10. The molecule has 0 spiro atoms. The van der Waals surface area contributed by atoms with E-state index < -0.39 is 72.8 Å². The largest absolute Gasteiger partial charge is 0.481 e. The van der Waals surface area contributed by atoms with E-state index in [-0.39, 0.29) is 44.6 Å². The molecule has 0 aromatic heterocycles. The number of amides is 4. The predicted molar refractivity (Wildman–Crippen MR) is 124 cm³/mol. The van der Waals surface area contributed by atoms with Gasteiger partial charge in [-0.1, -0.05) is 0 Å². The SMILES string of the molecule is NC(=O)CCC(NC(=O)C(N)CCC(=O)O)C(=O)NC(CO)C(=O)NC(CCCN=C(N)N)C(=O)O. The van der Waals surface area contributed by atoms with Crippen LogP contribution < -0.4 is 38.9 Å². The first-order valence-corrected chi connectivity index (χ1v) is 10.8. The molecule has 4 unspecified atom stereocenters. The van der Waals surface area contributed by atoms with Gasteiger partial charge in [-0.2, -0.15) is 0 Å². The topological polar surface area (TPSA) is 316 Å². The lowest BCUT2D eigenvalue weighted by Gasteiger charge is -2.24. The number of nitrogens with zero attached hydrogens (tertiary/aromatic N) is 1. The van der Waals surface area contributed by atoms with Crippen LogP contribution in [0.2, 0.25) is 0 Å². The van der Waals surface area contributed by atoms with Crippen molar-refractivity contribution >= 4 is 41.5 Å². The van der Waals surface area contributed by atoms with Crippen LogP contribution in [0.3, 0.4) is 0 Å². The van der Waals surface area contributed by atoms with Gasteiger partial charge < -0.3 is 54.2 Å². The standard InChI is InChI=1S/C19H34N8O9/c20-9(3-6-14(30)31)15(32)25-10(4-5-13(21)29)16(33)27-12(8-28)17(34)26-11(18(35)36)2-1-7-24-19(22)23/h9-12,28H,1-8,20H2,(H2,21,29)(H,25,32)(H,26,34)(H,27,33)(H,30,31)(H,35,36)(H4,22,23,24). The Morgan fingerprint density at radius 3 is 1.81 bits per heavy atom. The maximum absolute atomic E-state index is 12.7. The van der Waals surface area contributed by atoms with Crippen molar-refractivity contribution in [2.75, 3.05) is 13.2 Å². The maximum atomic E-state index is 12.7. The van der Waals surface area contributed by atoms with Crippen molar-refractivity contribution in [3.8, 4) is 0 Å². The van der Waals surface area contributed by atoms with Gasteiger partial charge in [0.2, 0.25) is 23.6 Å². The van der Waals surface area contributed by atoms with E-state index >= 15 is 0 Å². The number of aliphatic carboxylic acids is 2. The van der Waals surface area contributed by atoms with Crippen molar-refractivity contribution in [1.82, 2.24) is 16.0 Å². The zero-order valence-electron chi connectivity index (χ0n) is 19.5. The van der Waals surface area contributed by atoms with Crippen LogP contribution in [-0.4, -0.2) is 94.2 Å². The van der Waals surface area contributed by atoms with E-state index in [2.05, 4.69) is 20.9 Å². The highest BCUT2D eigenvalue weighted by molar-refractivity contribution is 5.94. The molecule has 14 N–H and O–H groups in total. The number of carbonyl (C=O) groups is 6. The van der Waals surface area contributed by atoms with Crippen molar-refractivity contribution < 1.29 is 44.1 Å². The second-order valence-corrected chi connectivity index (χ2v) is 7.70. The maximum Gasteiger partial charge on any atom is 0.326 e. The predicted octanol–water partition coefficient (Wildman–Crippen LogP) is -4.97. The van der Waals surface area contributed by atoms with Crippen LogP contribution in [0.15, 0.2) is 4.99 Å². The fourth-order valence-corrected chi connectivity index (χ4v) is 2.74. The van der Waals surface area contributed by atoms with Gasteiger partial charge in [0.05, 0.1) is 12.6 Å². The zero-order chi connectivity index (χ0) is 27.8. The molecule has 0 radical (unpaired) electrons. The highest BCUT2D eigenvalue weighted by atomic mass is 16.4. The van der Waals surface area contributed by atoms with Gasteiger partial charge in [0.25, 0.3) is 0 Å². The summed E-state index contributed by atoms with van der Waals surface area (Å²) in [5, 5.41) is 34.2. The summed E-state index contributed by atoms with van der Waals surface area (Å²) in [5.41, 5.74) is 21.1. The summed E-state index contributed by atoms with van der Waals surface area (Å²) in [6.07, 6.45) is -1.12. The fourth-order valence-electron chi connectivity index (χ4n) is 2.74. The van der Waals surface area contributed by atoms with Crippen molar-refractivity contribution in [2.45, 2.75) is 62.7 Å². The molecule has 4 amide bonds. The van der Waals surface area contributed by atoms with Gasteiger partial charge in [-0.25, -0.2) is 4.79 Å².